The van der Waals surface area contributed by atoms with E-state index in [4.69, 9.17) is 0 Å². The third kappa shape index (κ3) is 3.65. The number of nitrogens with zero attached hydrogens (tertiary/aromatic N) is 4. The van der Waals surface area contributed by atoms with E-state index in [1.165, 1.54) is 16.7 Å². The topological polar surface area (TPSA) is 135 Å². The monoisotopic (exact) mass is 463 g/mol. The van der Waals surface area contributed by atoms with Crippen LogP contribution >= 0.6 is 11.8 Å². The Balaban J connectivity index is 1.51. The molecule has 0 radical (unpaired) electrons. The van der Waals surface area contributed by atoms with Gasteiger partial charge in [-0.2, -0.15) is 10.2 Å². The van der Waals surface area contributed by atoms with Crippen molar-refractivity contribution in [2.45, 2.75) is 43.6 Å². The Bertz CT molecular complexity index is 932. The lowest BCUT2D eigenvalue weighted by Gasteiger charge is -2.48. The highest BCUT2D eigenvalue weighted by Crippen LogP contribution is 2.53. The van der Waals surface area contributed by atoms with Crippen molar-refractivity contribution < 1.29 is 24.6 Å². The minimum atomic E-state index is -1.10. The van der Waals surface area contributed by atoms with Gasteiger partial charge in [0.2, 0.25) is 11.8 Å². The molecule has 2 fully saturated rings. The van der Waals surface area contributed by atoms with Crippen LogP contribution in [-0.2, 0) is 14.4 Å². The maximum atomic E-state index is 13.1. The summed E-state index contributed by atoms with van der Waals surface area (Å²) in [5.74, 6) is -1.94. The van der Waals surface area contributed by atoms with Crippen LogP contribution in [0, 0.1) is 17.8 Å². The molecular weight excluding hydrogens is 434 g/mol. The minimum absolute atomic E-state index is 0.00826. The number of aliphatic hydroxyl groups excluding tert-OH is 1. The lowest BCUT2D eigenvalue weighted by Crippen LogP contribution is -2.63. The molecule has 10 nitrogen and oxygen atoms in total. The van der Waals surface area contributed by atoms with Crippen LogP contribution in [0.4, 0.5) is 0 Å². The first-order valence-electron chi connectivity index (χ1n) is 10.8. The van der Waals surface area contributed by atoms with Crippen molar-refractivity contribution in [3.05, 3.63) is 22.4 Å². The summed E-state index contributed by atoms with van der Waals surface area (Å²) in [5.41, 5.74) is 0.559. The van der Waals surface area contributed by atoms with Gasteiger partial charge in [0.25, 0.3) is 0 Å². The average Bonchev–Trinajstić information content (AvgIpc) is 3.46. The summed E-state index contributed by atoms with van der Waals surface area (Å²) in [4.78, 5) is 41.2. The molecule has 3 N–H and O–H groups in total. The lowest BCUT2D eigenvalue weighted by molar-refractivity contribution is -0.160. The molecule has 4 aliphatic rings. The highest BCUT2D eigenvalue weighted by Gasteiger charge is 2.61. The third-order valence-corrected chi connectivity index (χ3v) is 8.38. The first kappa shape index (κ1) is 22.9. The maximum absolute atomic E-state index is 13.1. The van der Waals surface area contributed by atoms with Gasteiger partial charge in [-0.15, -0.1) is 11.8 Å². The smallest absolute Gasteiger partial charge is 0.353 e. The van der Waals surface area contributed by atoms with Crippen molar-refractivity contribution in [2.24, 2.45) is 28.0 Å². The SMILES string of the molecule is C[C@H]1C(S[C@@H]2CN[C@H](C(=O)N(C)C)C2)=C(C(=O)O)N2C(=O)[C@H]([C@@H](C)C3C=C(CO)N=N3)C12. The lowest BCUT2D eigenvalue weighted by atomic mass is 9.72. The highest BCUT2D eigenvalue weighted by atomic mass is 32.2. The second-order valence-corrected chi connectivity index (χ2v) is 10.4. The number of fused-ring (bicyclic) bond motifs is 1. The van der Waals surface area contributed by atoms with Crippen molar-refractivity contribution in [1.82, 2.24) is 15.1 Å². The van der Waals surface area contributed by atoms with E-state index in [1.807, 2.05) is 13.8 Å². The van der Waals surface area contributed by atoms with Crippen LogP contribution < -0.4 is 5.32 Å². The summed E-state index contributed by atoms with van der Waals surface area (Å²) in [6.45, 7) is 4.30. The number of aliphatic hydroxyl groups is 1. The van der Waals surface area contributed by atoms with Gasteiger partial charge < -0.3 is 25.3 Å². The molecule has 0 spiro atoms. The molecule has 4 heterocycles. The molecule has 0 aliphatic carbocycles. The van der Waals surface area contributed by atoms with E-state index in [2.05, 4.69) is 15.5 Å². The van der Waals surface area contributed by atoms with Gasteiger partial charge in [0.1, 0.15) is 5.70 Å². The van der Waals surface area contributed by atoms with Crippen molar-refractivity contribution in [1.29, 1.82) is 0 Å². The summed E-state index contributed by atoms with van der Waals surface area (Å²) >= 11 is 1.48. The van der Waals surface area contributed by atoms with Crippen molar-refractivity contribution in [2.75, 3.05) is 27.2 Å². The van der Waals surface area contributed by atoms with Crippen molar-refractivity contribution >= 4 is 29.5 Å². The number of hydrogen-bond donors (Lipinski definition) is 3. The molecule has 0 saturated carbocycles. The van der Waals surface area contributed by atoms with Crippen molar-refractivity contribution in [3.63, 3.8) is 0 Å². The van der Waals surface area contributed by atoms with E-state index < -0.39 is 5.97 Å². The van der Waals surface area contributed by atoms with Crippen LogP contribution in [0.15, 0.2) is 32.6 Å². The molecule has 2 unspecified atom stereocenters. The quantitative estimate of drug-likeness (QED) is 0.472. The number of amides is 2. The predicted molar refractivity (Wildman–Crippen MR) is 117 cm³/mol. The zero-order valence-corrected chi connectivity index (χ0v) is 19.4. The molecule has 7 atom stereocenters. The normalized spacial score (nSPS) is 34.5. The second kappa shape index (κ2) is 8.60. The van der Waals surface area contributed by atoms with E-state index in [0.717, 1.165) is 0 Å². The van der Waals surface area contributed by atoms with Gasteiger partial charge in [-0.1, -0.05) is 13.8 Å². The number of carboxylic acids is 1. The summed E-state index contributed by atoms with van der Waals surface area (Å²) in [6.07, 6.45) is 2.38. The van der Waals surface area contributed by atoms with E-state index in [1.54, 1.807) is 25.1 Å². The zero-order valence-electron chi connectivity index (χ0n) is 18.6. The van der Waals surface area contributed by atoms with Gasteiger partial charge in [-0.25, -0.2) is 4.79 Å². The molecule has 2 amide bonds. The maximum Gasteiger partial charge on any atom is 0.353 e. The van der Waals surface area contributed by atoms with E-state index in [-0.39, 0.29) is 65.2 Å². The number of rotatable bonds is 7. The molecule has 0 aromatic carbocycles. The van der Waals surface area contributed by atoms with Crippen LogP contribution in [-0.4, -0.2) is 88.4 Å². The molecule has 11 heteroatoms. The van der Waals surface area contributed by atoms with E-state index in [0.29, 0.717) is 23.6 Å². The summed E-state index contributed by atoms with van der Waals surface area (Å²) in [7, 11) is 3.43. The summed E-state index contributed by atoms with van der Waals surface area (Å²) in [5, 5.41) is 30.6. The summed E-state index contributed by atoms with van der Waals surface area (Å²) in [6, 6.07) is -0.816. The molecule has 2 saturated heterocycles. The minimum Gasteiger partial charge on any atom is -0.477 e. The Morgan fingerprint density at radius 2 is 2.12 bits per heavy atom. The number of β-lactam (4-membered cyclic amide) rings is 1. The fourth-order valence-corrected chi connectivity index (χ4v) is 6.63. The van der Waals surface area contributed by atoms with Crippen LogP contribution in [0.3, 0.4) is 0 Å². The third-order valence-electron chi connectivity index (χ3n) is 6.86. The molecular formula is C21H29N5O5S. The standard InChI is InChI=1S/C21H29N5O5S/c1-9(13-5-11(8-27)23-24-13)15-16-10(2)18(17(21(30)31)26(16)20(15)29)32-12-6-14(22-7-12)19(28)25(3)4/h5,9-10,12-16,22,27H,6-8H2,1-4H3,(H,30,31)/t9-,10+,12-,13?,14-,15+,16?/m0/s1. The number of likely N-dealkylation sites (N-methyl/N-ethyl adjacent to an activating group) is 1. The van der Waals surface area contributed by atoms with Gasteiger partial charge in [0.15, 0.2) is 0 Å². The zero-order chi connectivity index (χ0) is 23.3. The Kier molecular flexibility index (Phi) is 6.17. The molecule has 0 aromatic rings. The number of carbonyl (C=O) groups excluding carboxylic acids is 2. The van der Waals surface area contributed by atoms with Gasteiger partial charge in [-0.3, -0.25) is 9.59 Å². The number of hydrogen-bond acceptors (Lipinski definition) is 8. The first-order chi connectivity index (χ1) is 15.1. The Labute approximate surface area is 190 Å². The summed E-state index contributed by atoms with van der Waals surface area (Å²) < 4.78 is 0. The fourth-order valence-electron chi connectivity index (χ4n) is 5.15. The van der Waals surface area contributed by atoms with E-state index >= 15 is 0 Å². The Morgan fingerprint density at radius 3 is 2.72 bits per heavy atom. The molecule has 0 bridgehead atoms. The predicted octanol–water partition coefficient (Wildman–Crippen LogP) is 0.658. The van der Waals surface area contributed by atoms with Gasteiger partial charge in [0, 0.05) is 36.7 Å². The number of aliphatic carboxylic acids is 1. The van der Waals surface area contributed by atoms with E-state index in [9.17, 15) is 24.6 Å². The first-order valence-corrected chi connectivity index (χ1v) is 11.7. The largest absolute Gasteiger partial charge is 0.477 e. The highest BCUT2D eigenvalue weighted by molar-refractivity contribution is 8.03. The van der Waals surface area contributed by atoms with Crippen LogP contribution in [0.1, 0.15) is 20.3 Å². The van der Waals surface area contributed by atoms with Crippen LogP contribution in [0.5, 0.6) is 0 Å². The number of carbonyl (C=O) groups is 3. The molecule has 4 rings (SSSR count). The van der Waals surface area contributed by atoms with Gasteiger partial charge in [0.05, 0.1) is 36.3 Å². The Morgan fingerprint density at radius 1 is 1.41 bits per heavy atom. The molecule has 4 aliphatic heterocycles. The fraction of sp³-hybridized carbons (Fsp3) is 0.667. The number of thioether (sulfide) groups is 1. The Hall–Kier alpha value is -2.24. The van der Waals surface area contributed by atoms with Crippen LogP contribution in [0.25, 0.3) is 0 Å². The number of nitrogens with one attached hydrogen (secondary N) is 1. The van der Waals surface area contributed by atoms with Gasteiger partial charge in [-0.05, 0) is 18.4 Å². The second-order valence-electron chi connectivity index (χ2n) is 9.08. The number of carboxylic acid groups (broad SMARTS) is 1. The molecule has 32 heavy (non-hydrogen) atoms. The van der Waals surface area contributed by atoms with Crippen LogP contribution in [0.2, 0.25) is 0 Å². The molecule has 0 aromatic heterocycles. The van der Waals surface area contributed by atoms with Gasteiger partial charge >= 0.3 is 5.97 Å². The number of azo groups is 1. The average molecular weight is 464 g/mol. The van der Waals surface area contributed by atoms with Crippen molar-refractivity contribution in [3.8, 4) is 0 Å². The molecule has 174 valence electrons.